The Balaban J connectivity index is 1.26. The molecule has 3 heterocycles. The van der Waals surface area contributed by atoms with Crippen LogP contribution in [0.3, 0.4) is 0 Å². The van der Waals surface area contributed by atoms with Crippen molar-refractivity contribution in [1.82, 2.24) is 19.5 Å². The first-order chi connectivity index (χ1) is 20.3. The average molecular weight is 567 g/mol. The van der Waals surface area contributed by atoms with Gasteiger partial charge in [-0.3, -0.25) is 0 Å². The van der Waals surface area contributed by atoms with E-state index in [0.717, 1.165) is 5.56 Å². The van der Waals surface area contributed by atoms with E-state index in [1.807, 2.05) is 13.0 Å². The molecule has 0 unspecified atom stereocenters. The predicted octanol–water partition coefficient (Wildman–Crippen LogP) is 6.59. The number of hydrogen-bond acceptors (Lipinski definition) is 6. The number of rotatable bonds is 9. The summed E-state index contributed by atoms with van der Waals surface area (Å²) in [5, 5.41) is 9.47. The van der Waals surface area contributed by atoms with Gasteiger partial charge in [0.1, 0.15) is 29.8 Å². The zero-order valence-electron chi connectivity index (χ0n) is 22.4. The van der Waals surface area contributed by atoms with Crippen LogP contribution in [0.5, 0.6) is 5.88 Å². The third-order valence-electron chi connectivity index (χ3n) is 6.88. The van der Waals surface area contributed by atoms with Gasteiger partial charge in [0.2, 0.25) is 5.88 Å². The number of nitrogens with zero attached hydrogens (tertiary/aromatic N) is 4. The highest BCUT2D eigenvalue weighted by molar-refractivity contribution is 5.92. The molecule has 3 aromatic heterocycles. The number of aryl methyl sites for hydroxylation is 1. The third-order valence-corrected chi connectivity index (χ3v) is 6.88. The molecule has 10 heteroatoms. The number of ether oxygens (including phenoxy) is 1. The first kappa shape index (κ1) is 26.8. The zero-order chi connectivity index (χ0) is 29.2. The van der Waals surface area contributed by atoms with Crippen molar-refractivity contribution in [1.29, 1.82) is 0 Å². The van der Waals surface area contributed by atoms with E-state index in [9.17, 15) is 14.3 Å². The largest absolute Gasteiger partial charge is 0.478 e. The number of aromatic carboxylic acids is 1. The topological polar surface area (TPSA) is 103 Å². The van der Waals surface area contributed by atoms with Gasteiger partial charge in [0.15, 0.2) is 6.39 Å². The normalized spacial score (nSPS) is 11.2. The van der Waals surface area contributed by atoms with Crippen LogP contribution in [0.1, 0.15) is 38.6 Å². The third kappa shape index (κ3) is 5.60. The van der Waals surface area contributed by atoms with Gasteiger partial charge >= 0.3 is 5.97 Å². The molecule has 0 saturated carbocycles. The number of imidazole rings is 1. The fourth-order valence-corrected chi connectivity index (χ4v) is 4.69. The molecule has 210 valence electrons. The lowest BCUT2D eigenvalue weighted by molar-refractivity contribution is 0.0697. The molecule has 0 saturated heterocycles. The Bertz CT molecular complexity index is 1920. The van der Waals surface area contributed by atoms with E-state index in [1.165, 1.54) is 30.7 Å². The van der Waals surface area contributed by atoms with Gasteiger partial charge in [-0.15, -0.1) is 0 Å². The molecule has 0 fully saturated rings. The summed E-state index contributed by atoms with van der Waals surface area (Å²) >= 11 is 0. The molecule has 6 aromatic rings. The van der Waals surface area contributed by atoms with Crippen LogP contribution in [0.2, 0.25) is 0 Å². The van der Waals surface area contributed by atoms with Crippen LogP contribution in [-0.4, -0.2) is 30.6 Å². The van der Waals surface area contributed by atoms with Crippen molar-refractivity contribution in [2.24, 2.45) is 0 Å². The van der Waals surface area contributed by atoms with Crippen LogP contribution in [0.15, 0.2) is 89.8 Å². The number of hydrogen-bond donors (Lipinski definition) is 1. The van der Waals surface area contributed by atoms with Gasteiger partial charge in [-0.2, -0.15) is 0 Å². The molecule has 0 bridgehead atoms. The minimum absolute atomic E-state index is 0.0128. The Morgan fingerprint density at radius 2 is 1.81 bits per heavy atom. The highest BCUT2D eigenvalue weighted by Crippen LogP contribution is 2.26. The molecule has 0 aliphatic carbocycles. The predicted molar refractivity (Wildman–Crippen MR) is 150 cm³/mol. The maximum atomic E-state index is 15.5. The molecule has 1 N–H and O–H groups in total. The lowest BCUT2D eigenvalue weighted by Gasteiger charge is -2.11. The molecule has 0 radical (unpaired) electrons. The summed E-state index contributed by atoms with van der Waals surface area (Å²) in [7, 11) is 0. The Labute approximate surface area is 238 Å². The van der Waals surface area contributed by atoms with Crippen LogP contribution in [0, 0.1) is 18.6 Å². The highest BCUT2D eigenvalue weighted by Gasteiger charge is 2.17. The molecule has 0 aliphatic rings. The fourth-order valence-electron chi connectivity index (χ4n) is 4.69. The van der Waals surface area contributed by atoms with Crippen molar-refractivity contribution in [3.8, 4) is 17.1 Å². The van der Waals surface area contributed by atoms with Crippen molar-refractivity contribution in [3.05, 3.63) is 131 Å². The summed E-state index contributed by atoms with van der Waals surface area (Å²) in [6, 6.07) is 19.6. The Morgan fingerprint density at radius 3 is 2.57 bits per heavy atom. The van der Waals surface area contributed by atoms with Crippen molar-refractivity contribution < 1.29 is 27.8 Å². The molecule has 0 amide bonds. The number of fused-ring (bicyclic) bond motifs is 1. The maximum absolute atomic E-state index is 15.5. The van der Waals surface area contributed by atoms with Gasteiger partial charge in [0, 0.05) is 23.6 Å². The Hall–Kier alpha value is -5.38. The first-order valence-electron chi connectivity index (χ1n) is 13.1. The number of pyridine rings is 1. The lowest BCUT2D eigenvalue weighted by Crippen LogP contribution is -2.07. The van der Waals surface area contributed by atoms with Crippen molar-refractivity contribution in [2.75, 3.05) is 0 Å². The van der Waals surface area contributed by atoms with Crippen molar-refractivity contribution >= 4 is 17.0 Å². The molecular formula is C32H24F2N4O4. The van der Waals surface area contributed by atoms with E-state index < -0.39 is 11.8 Å². The molecule has 0 atom stereocenters. The summed E-state index contributed by atoms with van der Waals surface area (Å²) in [5.41, 5.74) is 3.96. The molecule has 6 rings (SSSR count). The van der Waals surface area contributed by atoms with E-state index in [-0.39, 0.29) is 31.0 Å². The first-order valence-corrected chi connectivity index (χ1v) is 13.1. The van der Waals surface area contributed by atoms with Gasteiger partial charge in [-0.05, 0) is 54.4 Å². The SMILES string of the molecule is Cc1ccc(COc2cccc(-c3ccc(Cc4nc5ccc(C(=O)O)cc5n4Cc4cnco4)c(F)c3)n2)c(F)c1. The van der Waals surface area contributed by atoms with Crippen LogP contribution in [0.4, 0.5) is 8.78 Å². The number of aromatic nitrogens is 4. The molecule has 8 nitrogen and oxygen atoms in total. The smallest absolute Gasteiger partial charge is 0.335 e. The highest BCUT2D eigenvalue weighted by atomic mass is 19.1. The quantitative estimate of drug-likeness (QED) is 0.211. The van der Waals surface area contributed by atoms with Gasteiger partial charge < -0.3 is 18.8 Å². The summed E-state index contributed by atoms with van der Waals surface area (Å²) in [5.74, 6) is -0.484. The molecular weight excluding hydrogens is 542 g/mol. The van der Waals surface area contributed by atoms with E-state index >= 15 is 4.39 Å². The second-order valence-electron chi connectivity index (χ2n) is 9.82. The van der Waals surface area contributed by atoms with Gasteiger partial charge in [-0.25, -0.2) is 28.5 Å². The Morgan fingerprint density at radius 1 is 0.976 bits per heavy atom. The van der Waals surface area contributed by atoms with E-state index in [4.69, 9.17) is 9.15 Å². The van der Waals surface area contributed by atoms with Crippen molar-refractivity contribution in [2.45, 2.75) is 26.5 Å². The second kappa shape index (κ2) is 11.2. The van der Waals surface area contributed by atoms with Crippen LogP contribution >= 0.6 is 0 Å². The summed E-state index contributed by atoms with van der Waals surface area (Å²) in [4.78, 5) is 24.7. The number of benzene rings is 3. The number of carboxylic acid groups (broad SMARTS) is 1. The number of carbonyl (C=O) groups is 1. The van der Waals surface area contributed by atoms with Crippen molar-refractivity contribution in [3.63, 3.8) is 0 Å². The maximum Gasteiger partial charge on any atom is 0.335 e. The van der Waals surface area contributed by atoms with E-state index in [2.05, 4.69) is 15.0 Å². The number of carboxylic acids is 1. The van der Waals surface area contributed by atoms with Crippen LogP contribution in [-0.2, 0) is 19.6 Å². The minimum Gasteiger partial charge on any atom is -0.478 e. The van der Waals surface area contributed by atoms with Gasteiger partial charge in [0.05, 0.1) is 35.0 Å². The lowest BCUT2D eigenvalue weighted by atomic mass is 10.1. The standard InChI is InChI=1S/C32H24F2N4O4/c1-19-5-6-23(25(33)11-19)17-41-31-4-2-3-27(37-31)21-8-7-20(26(34)12-21)14-30-36-28-10-9-22(32(39)40)13-29(28)38(30)16-24-15-35-18-42-24/h2-13,15,18H,14,16-17H2,1H3,(H,39,40). The summed E-state index contributed by atoms with van der Waals surface area (Å²) in [6.07, 6.45) is 3.02. The number of oxazole rings is 1. The Kier molecular flexibility index (Phi) is 7.18. The summed E-state index contributed by atoms with van der Waals surface area (Å²) in [6.45, 7) is 2.07. The van der Waals surface area contributed by atoms with Gasteiger partial charge in [-0.1, -0.05) is 30.3 Å². The number of halogens is 2. The fraction of sp³-hybridized carbons (Fsp3) is 0.125. The van der Waals surface area contributed by atoms with Gasteiger partial charge in [0.25, 0.3) is 0 Å². The molecule has 42 heavy (non-hydrogen) atoms. The molecule has 3 aromatic carbocycles. The molecule has 0 spiro atoms. The van der Waals surface area contributed by atoms with E-state index in [1.54, 1.807) is 53.2 Å². The van der Waals surface area contributed by atoms with E-state index in [0.29, 0.717) is 50.9 Å². The van der Waals surface area contributed by atoms with Crippen LogP contribution in [0.25, 0.3) is 22.3 Å². The zero-order valence-corrected chi connectivity index (χ0v) is 22.4. The monoisotopic (exact) mass is 566 g/mol. The summed E-state index contributed by atoms with van der Waals surface area (Å²) < 4.78 is 42.6. The average Bonchev–Trinajstić information content (AvgIpc) is 3.61. The van der Waals surface area contributed by atoms with Crippen LogP contribution < -0.4 is 4.74 Å². The minimum atomic E-state index is -1.06. The second-order valence-corrected chi connectivity index (χ2v) is 9.82. The molecule has 0 aliphatic heterocycles.